The molecule has 0 aliphatic rings. The first-order valence-electron chi connectivity index (χ1n) is 9.76. The van der Waals surface area contributed by atoms with Gasteiger partial charge < -0.3 is 9.55 Å². The van der Waals surface area contributed by atoms with Crippen LogP contribution in [0, 0.1) is 6.92 Å². The van der Waals surface area contributed by atoms with Crippen LogP contribution in [0.5, 0.6) is 0 Å². The van der Waals surface area contributed by atoms with E-state index in [1.54, 1.807) is 0 Å². The number of aromatic amines is 1. The normalized spacial score (nSPS) is 11.7. The van der Waals surface area contributed by atoms with E-state index >= 15 is 0 Å². The number of hydrogen-bond acceptors (Lipinski definition) is 3. The second-order valence-electron chi connectivity index (χ2n) is 7.17. The molecule has 0 bridgehead atoms. The summed E-state index contributed by atoms with van der Waals surface area (Å²) in [5.41, 5.74) is 9.34. The number of benzene rings is 3. The van der Waals surface area contributed by atoms with E-state index in [-0.39, 0.29) is 0 Å². The number of aromatic nitrogens is 3. The molecular formula is C24H20ClN5. The van der Waals surface area contributed by atoms with Crippen LogP contribution in [0.1, 0.15) is 16.8 Å². The molecule has 5 nitrogen and oxygen atoms in total. The van der Waals surface area contributed by atoms with E-state index in [2.05, 4.69) is 56.3 Å². The molecule has 5 aromatic rings. The van der Waals surface area contributed by atoms with Crippen molar-refractivity contribution < 1.29 is 0 Å². The van der Waals surface area contributed by atoms with Gasteiger partial charge in [-0.25, -0.2) is 10.4 Å². The van der Waals surface area contributed by atoms with Gasteiger partial charge in [0.2, 0.25) is 5.95 Å². The summed E-state index contributed by atoms with van der Waals surface area (Å²) in [5, 5.41) is 6.37. The molecule has 30 heavy (non-hydrogen) atoms. The third-order valence-electron chi connectivity index (χ3n) is 5.32. The highest BCUT2D eigenvalue weighted by Gasteiger charge is 2.13. The number of para-hydroxylation sites is 3. The zero-order valence-corrected chi connectivity index (χ0v) is 17.2. The van der Waals surface area contributed by atoms with Crippen molar-refractivity contribution in [1.29, 1.82) is 0 Å². The molecule has 0 aliphatic heterocycles. The molecule has 148 valence electrons. The maximum Gasteiger partial charge on any atom is 0.222 e. The van der Waals surface area contributed by atoms with Gasteiger partial charge in [-0.05, 0) is 36.8 Å². The Morgan fingerprint density at radius 3 is 2.67 bits per heavy atom. The van der Waals surface area contributed by atoms with Gasteiger partial charge >= 0.3 is 0 Å². The minimum Gasteiger partial charge on any atom is -0.340 e. The Morgan fingerprint density at radius 1 is 1.03 bits per heavy atom. The predicted octanol–water partition coefficient (Wildman–Crippen LogP) is 5.97. The van der Waals surface area contributed by atoms with Gasteiger partial charge in [-0.2, -0.15) is 5.10 Å². The lowest BCUT2D eigenvalue weighted by molar-refractivity contribution is 0.804. The lowest BCUT2D eigenvalue weighted by Gasteiger charge is -2.10. The third-order valence-corrected chi connectivity index (χ3v) is 5.69. The Hall–Kier alpha value is -3.57. The second-order valence-corrected chi connectivity index (χ2v) is 7.57. The fraction of sp³-hybridized carbons (Fsp3) is 0.0833. The van der Waals surface area contributed by atoms with E-state index in [4.69, 9.17) is 11.6 Å². The number of rotatable bonds is 5. The van der Waals surface area contributed by atoms with Crippen LogP contribution < -0.4 is 5.43 Å². The average Bonchev–Trinajstić information content (AvgIpc) is 3.29. The summed E-state index contributed by atoms with van der Waals surface area (Å²) in [6, 6.07) is 24.2. The molecular weight excluding hydrogens is 394 g/mol. The minimum absolute atomic E-state index is 0.616. The topological polar surface area (TPSA) is 58.0 Å². The quantitative estimate of drug-likeness (QED) is 0.275. The van der Waals surface area contributed by atoms with E-state index in [1.165, 1.54) is 0 Å². The standard InChI is InChI=1S/C24H20ClN5/c1-16-19(14-26-29-24-27-21-11-5-6-12-22(21)28-24)18-9-3-7-13-23(18)30(16)15-17-8-2-4-10-20(17)25/h2-14H,15H2,1H3,(H2,27,28,29)/b26-14-. The summed E-state index contributed by atoms with van der Waals surface area (Å²) in [5.74, 6) is 0.616. The lowest BCUT2D eigenvalue weighted by Crippen LogP contribution is -2.03. The van der Waals surface area contributed by atoms with E-state index in [0.29, 0.717) is 12.5 Å². The maximum atomic E-state index is 6.41. The molecule has 0 saturated heterocycles. The van der Waals surface area contributed by atoms with Gasteiger partial charge in [-0.1, -0.05) is 60.1 Å². The van der Waals surface area contributed by atoms with Crippen molar-refractivity contribution in [2.24, 2.45) is 5.10 Å². The predicted molar refractivity (Wildman–Crippen MR) is 125 cm³/mol. The Balaban J connectivity index is 1.49. The SMILES string of the molecule is Cc1c(/C=N\Nc2nc3ccccc3[nH]2)c2ccccc2n1Cc1ccccc1Cl. The van der Waals surface area contributed by atoms with Crippen LogP contribution in [0.2, 0.25) is 5.02 Å². The van der Waals surface area contributed by atoms with Crippen LogP contribution in [0.15, 0.2) is 77.9 Å². The van der Waals surface area contributed by atoms with Crippen molar-refractivity contribution in [2.45, 2.75) is 13.5 Å². The van der Waals surface area contributed by atoms with Crippen molar-refractivity contribution in [1.82, 2.24) is 14.5 Å². The zero-order valence-electron chi connectivity index (χ0n) is 16.4. The van der Waals surface area contributed by atoms with Gasteiger partial charge in [0.05, 0.1) is 17.2 Å². The fourth-order valence-corrected chi connectivity index (χ4v) is 3.98. The molecule has 2 aromatic heterocycles. The van der Waals surface area contributed by atoms with E-state index in [1.807, 2.05) is 54.7 Å². The summed E-state index contributed by atoms with van der Waals surface area (Å²) in [6.45, 7) is 2.82. The molecule has 6 heteroatoms. The Kier molecular flexibility index (Phi) is 4.73. The minimum atomic E-state index is 0.616. The van der Waals surface area contributed by atoms with E-state index in [9.17, 15) is 0 Å². The molecule has 2 heterocycles. The number of H-pyrrole nitrogens is 1. The molecule has 0 aliphatic carbocycles. The zero-order chi connectivity index (χ0) is 20.5. The number of fused-ring (bicyclic) bond motifs is 2. The molecule has 0 atom stereocenters. The summed E-state index contributed by atoms with van der Waals surface area (Å²) in [6.07, 6.45) is 1.86. The van der Waals surface area contributed by atoms with Crippen LogP contribution >= 0.6 is 11.6 Å². The second kappa shape index (κ2) is 7.69. The molecule has 3 aromatic carbocycles. The van der Waals surface area contributed by atoms with Crippen molar-refractivity contribution in [3.63, 3.8) is 0 Å². The van der Waals surface area contributed by atoms with Crippen molar-refractivity contribution >= 4 is 45.7 Å². The molecule has 0 radical (unpaired) electrons. The van der Waals surface area contributed by atoms with Crippen molar-refractivity contribution in [2.75, 3.05) is 5.43 Å². The van der Waals surface area contributed by atoms with Crippen LogP contribution in [0.4, 0.5) is 5.95 Å². The number of hydrogen-bond donors (Lipinski definition) is 2. The molecule has 0 unspecified atom stereocenters. The van der Waals surface area contributed by atoms with Crippen molar-refractivity contribution in [3.8, 4) is 0 Å². The van der Waals surface area contributed by atoms with Gasteiger partial charge in [-0.15, -0.1) is 0 Å². The molecule has 2 N–H and O–H groups in total. The molecule has 5 rings (SSSR count). The first-order valence-corrected chi connectivity index (χ1v) is 10.1. The van der Waals surface area contributed by atoms with Crippen molar-refractivity contribution in [3.05, 3.63) is 94.6 Å². The smallest absolute Gasteiger partial charge is 0.222 e. The molecule has 0 fully saturated rings. The summed E-state index contributed by atoms with van der Waals surface area (Å²) in [7, 11) is 0. The molecule has 0 saturated carbocycles. The largest absolute Gasteiger partial charge is 0.340 e. The highest BCUT2D eigenvalue weighted by Crippen LogP contribution is 2.27. The average molecular weight is 414 g/mol. The maximum absolute atomic E-state index is 6.41. The van der Waals surface area contributed by atoms with Gasteiger partial charge in [0, 0.05) is 33.7 Å². The Labute approximate surface area is 179 Å². The number of hydrazone groups is 1. The molecule has 0 amide bonds. The first-order chi connectivity index (χ1) is 14.7. The van der Waals surface area contributed by atoms with Gasteiger partial charge in [0.25, 0.3) is 0 Å². The Morgan fingerprint density at radius 2 is 1.80 bits per heavy atom. The highest BCUT2D eigenvalue weighted by molar-refractivity contribution is 6.31. The third kappa shape index (κ3) is 3.33. The van der Waals surface area contributed by atoms with E-state index < -0.39 is 0 Å². The summed E-state index contributed by atoms with van der Waals surface area (Å²) in [4.78, 5) is 7.72. The van der Waals surface area contributed by atoms with Crippen LogP contribution in [-0.4, -0.2) is 20.7 Å². The number of nitrogens with zero attached hydrogens (tertiary/aromatic N) is 3. The summed E-state index contributed by atoms with van der Waals surface area (Å²) < 4.78 is 2.28. The monoisotopic (exact) mass is 413 g/mol. The van der Waals surface area contributed by atoms with Crippen LogP contribution in [-0.2, 0) is 6.54 Å². The summed E-state index contributed by atoms with van der Waals surface area (Å²) >= 11 is 6.41. The number of imidazole rings is 1. The fourth-order valence-electron chi connectivity index (χ4n) is 3.79. The van der Waals surface area contributed by atoms with E-state index in [0.717, 1.165) is 43.8 Å². The molecule has 0 spiro atoms. The number of anilines is 1. The number of nitrogens with one attached hydrogen (secondary N) is 2. The van der Waals surface area contributed by atoms with Gasteiger partial charge in [0.1, 0.15) is 0 Å². The van der Waals surface area contributed by atoms with Gasteiger partial charge in [0.15, 0.2) is 0 Å². The van der Waals surface area contributed by atoms with Gasteiger partial charge in [-0.3, -0.25) is 0 Å². The van der Waals surface area contributed by atoms with Crippen LogP contribution in [0.25, 0.3) is 21.9 Å². The lowest BCUT2D eigenvalue weighted by atomic mass is 10.1. The van der Waals surface area contributed by atoms with Crippen LogP contribution in [0.3, 0.4) is 0 Å². The highest BCUT2D eigenvalue weighted by atomic mass is 35.5. The first kappa shape index (κ1) is 18.5. The number of halogens is 1. The Bertz CT molecular complexity index is 1350.